The third-order valence-electron chi connectivity index (χ3n) is 5.00. The minimum Gasteiger partial charge on any atom is -0.333 e. The zero-order valence-electron chi connectivity index (χ0n) is 17.2. The Kier molecular flexibility index (Phi) is 8.86. The predicted molar refractivity (Wildman–Crippen MR) is 119 cm³/mol. The number of pyridine rings is 1. The van der Waals surface area contributed by atoms with Gasteiger partial charge in [-0.15, -0.1) is 24.8 Å². The molecule has 0 aliphatic carbocycles. The molecule has 162 valence electrons. The first-order chi connectivity index (χ1) is 12.8. The predicted octanol–water partition coefficient (Wildman–Crippen LogP) is 1.90. The summed E-state index contributed by atoms with van der Waals surface area (Å²) >= 11 is 0. The van der Waals surface area contributed by atoms with E-state index in [1.165, 1.54) is 4.57 Å². The van der Waals surface area contributed by atoms with Crippen LogP contribution >= 0.6 is 24.8 Å². The minimum absolute atomic E-state index is 0. The standard InChI is InChI=1S/C19H27N5O3.2ClH/c1-5-7-24-16-15(17(25)22-19(24)27)13(9-14(21-16)11(2)3)18(26)23-8-6-20-10-12(23)4;;/h9,11-12,20H,5-8,10H2,1-4H3,(H,22,25,27);2*1H. The van der Waals surface area contributed by atoms with Crippen LogP contribution in [0.3, 0.4) is 0 Å². The van der Waals surface area contributed by atoms with E-state index in [1.54, 1.807) is 11.0 Å². The zero-order valence-corrected chi connectivity index (χ0v) is 18.8. The van der Waals surface area contributed by atoms with Crippen LogP contribution in [-0.2, 0) is 6.54 Å². The number of H-pyrrole nitrogens is 1. The molecule has 1 atom stereocenters. The summed E-state index contributed by atoms with van der Waals surface area (Å²) in [4.78, 5) is 47.0. The first-order valence-corrected chi connectivity index (χ1v) is 9.54. The van der Waals surface area contributed by atoms with Gasteiger partial charge < -0.3 is 10.2 Å². The summed E-state index contributed by atoms with van der Waals surface area (Å²) < 4.78 is 1.46. The summed E-state index contributed by atoms with van der Waals surface area (Å²) in [5.41, 5.74) is 0.267. The van der Waals surface area contributed by atoms with Crippen LogP contribution in [0.4, 0.5) is 0 Å². The lowest BCUT2D eigenvalue weighted by atomic mass is 10.0. The largest absolute Gasteiger partial charge is 0.333 e. The van der Waals surface area contributed by atoms with Gasteiger partial charge in [0.1, 0.15) is 0 Å². The SMILES string of the molecule is CCCn1c(=O)[nH]c(=O)c2c(C(=O)N3CCNCC3C)cc(C(C)C)nc21.Cl.Cl. The van der Waals surface area contributed by atoms with Gasteiger partial charge in [0, 0.05) is 37.9 Å². The van der Waals surface area contributed by atoms with E-state index in [0.29, 0.717) is 49.5 Å². The van der Waals surface area contributed by atoms with Crippen molar-refractivity contribution in [3.8, 4) is 0 Å². The lowest BCUT2D eigenvalue weighted by Crippen LogP contribution is -2.52. The van der Waals surface area contributed by atoms with Crippen LogP contribution in [-0.4, -0.2) is 51.0 Å². The Balaban J connectivity index is 0.00000210. The molecule has 29 heavy (non-hydrogen) atoms. The second kappa shape index (κ2) is 10.2. The molecule has 10 heteroatoms. The molecule has 0 aromatic carbocycles. The van der Waals surface area contributed by atoms with Crippen LogP contribution in [0, 0.1) is 0 Å². The highest BCUT2D eigenvalue weighted by Gasteiger charge is 2.28. The molecule has 1 unspecified atom stereocenters. The monoisotopic (exact) mass is 445 g/mol. The van der Waals surface area contributed by atoms with Gasteiger partial charge >= 0.3 is 5.69 Å². The van der Waals surface area contributed by atoms with Gasteiger partial charge in [0.2, 0.25) is 0 Å². The van der Waals surface area contributed by atoms with Gasteiger partial charge in [-0.2, -0.15) is 0 Å². The molecular formula is C19H29Cl2N5O3. The molecule has 3 rings (SSSR count). The maximum atomic E-state index is 13.3. The number of nitrogens with one attached hydrogen (secondary N) is 2. The number of aromatic amines is 1. The summed E-state index contributed by atoms with van der Waals surface area (Å²) in [5.74, 6) is -0.128. The fraction of sp³-hybridized carbons (Fsp3) is 0.579. The van der Waals surface area contributed by atoms with Crippen molar-refractivity contribution in [2.75, 3.05) is 19.6 Å². The van der Waals surface area contributed by atoms with Gasteiger partial charge in [-0.25, -0.2) is 9.78 Å². The molecule has 1 fully saturated rings. The maximum absolute atomic E-state index is 13.3. The molecule has 0 saturated carbocycles. The van der Waals surface area contributed by atoms with E-state index in [0.717, 1.165) is 0 Å². The number of aromatic nitrogens is 3. The van der Waals surface area contributed by atoms with Crippen molar-refractivity contribution in [2.45, 2.75) is 52.6 Å². The van der Waals surface area contributed by atoms with E-state index in [-0.39, 0.29) is 48.1 Å². The normalized spacial score (nSPS) is 16.4. The van der Waals surface area contributed by atoms with Crippen LogP contribution in [0.25, 0.3) is 11.0 Å². The number of carbonyl (C=O) groups excluding carboxylic acids is 1. The van der Waals surface area contributed by atoms with Gasteiger partial charge in [0.25, 0.3) is 11.5 Å². The Morgan fingerprint density at radius 3 is 2.59 bits per heavy atom. The van der Waals surface area contributed by atoms with Crippen molar-refractivity contribution < 1.29 is 4.79 Å². The Labute approximate surface area is 181 Å². The highest BCUT2D eigenvalue weighted by molar-refractivity contribution is 6.05. The topological polar surface area (TPSA) is 100 Å². The third kappa shape index (κ3) is 4.82. The highest BCUT2D eigenvalue weighted by atomic mass is 35.5. The number of hydrogen-bond acceptors (Lipinski definition) is 5. The molecule has 1 amide bonds. The highest BCUT2D eigenvalue weighted by Crippen LogP contribution is 2.22. The molecule has 1 saturated heterocycles. The van der Waals surface area contributed by atoms with Crippen molar-refractivity contribution >= 4 is 41.8 Å². The van der Waals surface area contributed by atoms with Crippen molar-refractivity contribution in [2.24, 2.45) is 0 Å². The molecule has 8 nitrogen and oxygen atoms in total. The van der Waals surface area contributed by atoms with Crippen LogP contribution in [0.15, 0.2) is 15.7 Å². The molecule has 2 aromatic heterocycles. The Hall–Kier alpha value is -1.90. The maximum Gasteiger partial charge on any atom is 0.329 e. The van der Waals surface area contributed by atoms with Gasteiger partial charge in [0.05, 0.1) is 10.9 Å². The fourth-order valence-electron chi connectivity index (χ4n) is 3.49. The molecule has 0 radical (unpaired) electrons. The number of carbonyl (C=O) groups is 1. The lowest BCUT2D eigenvalue weighted by molar-refractivity contribution is 0.0657. The number of halogens is 2. The number of nitrogens with zero attached hydrogens (tertiary/aromatic N) is 3. The van der Waals surface area contributed by atoms with Crippen molar-refractivity contribution in [1.82, 2.24) is 24.8 Å². The average Bonchev–Trinajstić information content (AvgIpc) is 2.63. The van der Waals surface area contributed by atoms with Gasteiger partial charge in [-0.3, -0.25) is 19.1 Å². The second-order valence-electron chi connectivity index (χ2n) is 7.41. The smallest absolute Gasteiger partial charge is 0.329 e. The van der Waals surface area contributed by atoms with Crippen LogP contribution in [0.2, 0.25) is 0 Å². The minimum atomic E-state index is -0.559. The van der Waals surface area contributed by atoms with Crippen LogP contribution in [0.5, 0.6) is 0 Å². The average molecular weight is 446 g/mol. The number of fused-ring (bicyclic) bond motifs is 1. The third-order valence-corrected chi connectivity index (χ3v) is 5.00. The lowest BCUT2D eigenvalue weighted by Gasteiger charge is -2.34. The first kappa shape index (κ1) is 25.1. The van der Waals surface area contributed by atoms with E-state index in [1.807, 2.05) is 27.7 Å². The van der Waals surface area contributed by atoms with Crippen molar-refractivity contribution in [3.63, 3.8) is 0 Å². The van der Waals surface area contributed by atoms with E-state index in [2.05, 4.69) is 15.3 Å². The van der Waals surface area contributed by atoms with Crippen LogP contribution < -0.4 is 16.6 Å². The molecule has 2 N–H and O–H groups in total. The molecule has 1 aliphatic heterocycles. The van der Waals surface area contributed by atoms with E-state index in [9.17, 15) is 14.4 Å². The number of piperazine rings is 1. The number of amides is 1. The van der Waals surface area contributed by atoms with E-state index in [4.69, 9.17) is 0 Å². The van der Waals surface area contributed by atoms with Gasteiger partial charge in [0.15, 0.2) is 5.65 Å². The van der Waals surface area contributed by atoms with Crippen molar-refractivity contribution in [3.05, 3.63) is 38.2 Å². The Bertz CT molecular complexity index is 986. The van der Waals surface area contributed by atoms with E-state index >= 15 is 0 Å². The molecule has 0 bridgehead atoms. The number of hydrogen-bond donors (Lipinski definition) is 2. The molecule has 3 heterocycles. The summed E-state index contributed by atoms with van der Waals surface area (Å²) in [6, 6.07) is 1.73. The molecular weight excluding hydrogens is 417 g/mol. The zero-order chi connectivity index (χ0) is 19.7. The Morgan fingerprint density at radius 1 is 1.31 bits per heavy atom. The molecule has 1 aliphatic rings. The summed E-state index contributed by atoms with van der Waals surface area (Å²) in [6.45, 7) is 10.3. The first-order valence-electron chi connectivity index (χ1n) is 9.54. The number of aryl methyl sites for hydroxylation is 1. The van der Waals surface area contributed by atoms with Gasteiger partial charge in [-0.05, 0) is 25.3 Å². The summed E-state index contributed by atoms with van der Waals surface area (Å²) in [7, 11) is 0. The summed E-state index contributed by atoms with van der Waals surface area (Å²) in [5, 5.41) is 3.46. The quantitative estimate of drug-likeness (QED) is 0.748. The Morgan fingerprint density at radius 2 is 2.00 bits per heavy atom. The summed E-state index contributed by atoms with van der Waals surface area (Å²) in [6.07, 6.45) is 0.715. The number of rotatable bonds is 4. The second-order valence-corrected chi connectivity index (χ2v) is 7.41. The van der Waals surface area contributed by atoms with Crippen molar-refractivity contribution in [1.29, 1.82) is 0 Å². The van der Waals surface area contributed by atoms with Gasteiger partial charge in [-0.1, -0.05) is 20.8 Å². The van der Waals surface area contributed by atoms with E-state index < -0.39 is 11.2 Å². The molecule has 2 aromatic rings. The molecule has 0 spiro atoms. The van der Waals surface area contributed by atoms with Crippen LogP contribution in [0.1, 0.15) is 56.1 Å². The fourth-order valence-corrected chi connectivity index (χ4v) is 3.49.